The molecule has 1 aliphatic rings. The van der Waals surface area contributed by atoms with E-state index in [4.69, 9.17) is 4.42 Å². The molecule has 0 atom stereocenters. The molecule has 1 heterocycles. The van der Waals surface area contributed by atoms with Gasteiger partial charge in [-0.3, -0.25) is 0 Å². The molecule has 62 heavy (non-hydrogen) atoms. The van der Waals surface area contributed by atoms with Gasteiger partial charge < -0.3 is 9.32 Å². The van der Waals surface area contributed by atoms with Gasteiger partial charge in [0, 0.05) is 39.9 Å². The SMILES string of the molecule is C1=Cc2c(oc3c(-c4ccc(-c5ccccc5)cc4)c(-c4ccc(N(c5ccc(-c6ccc(-c7ccccc7)cc6)cc5)c5ccccc5-c5ccccc5)cc4)ccc23)CC1. The van der Waals surface area contributed by atoms with Crippen LogP contribution in [0.3, 0.4) is 0 Å². The third kappa shape index (κ3) is 7.02. The van der Waals surface area contributed by atoms with E-state index in [1.165, 1.54) is 50.1 Å². The van der Waals surface area contributed by atoms with E-state index in [2.05, 4.69) is 242 Å². The van der Waals surface area contributed by atoms with Crippen LogP contribution < -0.4 is 4.90 Å². The maximum absolute atomic E-state index is 6.79. The average molecular weight is 794 g/mol. The maximum Gasteiger partial charge on any atom is 0.143 e. The first-order valence-electron chi connectivity index (χ1n) is 21.5. The molecule has 0 bridgehead atoms. The Kier molecular flexibility index (Phi) is 9.72. The topological polar surface area (TPSA) is 16.4 Å². The average Bonchev–Trinajstić information content (AvgIpc) is 3.74. The summed E-state index contributed by atoms with van der Waals surface area (Å²) in [5, 5.41) is 1.16. The summed E-state index contributed by atoms with van der Waals surface area (Å²) in [6.07, 6.45) is 6.41. The van der Waals surface area contributed by atoms with E-state index in [0.717, 1.165) is 68.9 Å². The van der Waals surface area contributed by atoms with Crippen LogP contribution in [0, 0.1) is 0 Å². The standard InChI is InChI=1S/C60H43NO/c1-4-14-42(15-5-1)44-24-26-46(27-25-44)47-32-36-51(37-33-47)61(57-22-12-10-20-53(57)48-18-8-3-9-19-48)52-38-34-49(35-39-52)54-40-41-56-55-21-11-13-23-58(55)62-60(56)59(54)50-30-28-45(29-31-50)43-16-6-2-7-17-43/h1-12,14-22,24-41H,13,23H2. The van der Waals surface area contributed by atoms with Crippen molar-refractivity contribution in [2.24, 2.45) is 0 Å². The normalized spacial score (nSPS) is 12.0. The van der Waals surface area contributed by atoms with Crippen LogP contribution in [0.5, 0.6) is 0 Å². The van der Waals surface area contributed by atoms with Gasteiger partial charge in [-0.05, 0) is 98.5 Å². The van der Waals surface area contributed by atoms with E-state index < -0.39 is 0 Å². The van der Waals surface area contributed by atoms with Gasteiger partial charge in [-0.15, -0.1) is 0 Å². The largest absolute Gasteiger partial charge is 0.460 e. The van der Waals surface area contributed by atoms with Gasteiger partial charge in [0.25, 0.3) is 0 Å². The highest BCUT2D eigenvalue weighted by Crippen LogP contribution is 2.45. The van der Waals surface area contributed by atoms with Crippen LogP contribution in [-0.4, -0.2) is 0 Å². The number of nitrogens with zero attached hydrogens (tertiary/aromatic N) is 1. The molecule has 0 amide bonds. The molecular weight excluding hydrogens is 751 g/mol. The quantitative estimate of drug-likeness (QED) is 0.145. The first kappa shape index (κ1) is 37.1. The second-order valence-corrected chi connectivity index (χ2v) is 15.9. The van der Waals surface area contributed by atoms with Crippen molar-refractivity contribution in [2.45, 2.75) is 12.8 Å². The molecule has 11 rings (SSSR count). The molecule has 1 aromatic heterocycles. The molecule has 1 aliphatic carbocycles. The number of anilines is 3. The number of allylic oxidation sites excluding steroid dienone is 1. The molecule has 0 saturated heterocycles. The number of para-hydroxylation sites is 1. The number of fused-ring (bicyclic) bond motifs is 3. The van der Waals surface area contributed by atoms with Gasteiger partial charge >= 0.3 is 0 Å². The van der Waals surface area contributed by atoms with Crippen LogP contribution >= 0.6 is 0 Å². The van der Waals surface area contributed by atoms with Gasteiger partial charge in [0.2, 0.25) is 0 Å². The summed E-state index contributed by atoms with van der Waals surface area (Å²) in [6.45, 7) is 0. The van der Waals surface area contributed by atoms with Crippen molar-refractivity contribution in [3.63, 3.8) is 0 Å². The molecule has 294 valence electrons. The third-order valence-electron chi connectivity index (χ3n) is 12.2. The fourth-order valence-electron chi connectivity index (χ4n) is 9.04. The van der Waals surface area contributed by atoms with Crippen molar-refractivity contribution < 1.29 is 4.42 Å². The van der Waals surface area contributed by atoms with Crippen molar-refractivity contribution in [1.82, 2.24) is 0 Å². The summed E-state index contributed by atoms with van der Waals surface area (Å²) in [6, 6.07) is 80.9. The summed E-state index contributed by atoms with van der Waals surface area (Å²) in [5.41, 5.74) is 19.5. The summed E-state index contributed by atoms with van der Waals surface area (Å²) < 4.78 is 6.79. The van der Waals surface area contributed by atoms with Crippen LogP contribution in [0.15, 0.2) is 235 Å². The van der Waals surface area contributed by atoms with E-state index in [0.29, 0.717) is 0 Å². The predicted octanol–water partition coefficient (Wildman–Crippen LogP) is 16.9. The fourth-order valence-corrected chi connectivity index (χ4v) is 9.04. The zero-order valence-corrected chi connectivity index (χ0v) is 34.3. The highest BCUT2D eigenvalue weighted by atomic mass is 16.3. The Morgan fingerprint density at radius 3 is 1.35 bits per heavy atom. The molecule has 0 radical (unpaired) electrons. The highest BCUT2D eigenvalue weighted by molar-refractivity contribution is 6.05. The van der Waals surface area contributed by atoms with E-state index in [1.54, 1.807) is 0 Å². The third-order valence-corrected chi connectivity index (χ3v) is 12.2. The molecule has 2 nitrogen and oxygen atoms in total. The zero-order chi connectivity index (χ0) is 41.2. The monoisotopic (exact) mass is 793 g/mol. The number of aryl methyl sites for hydroxylation is 1. The fraction of sp³-hybridized carbons (Fsp3) is 0.0333. The number of furan rings is 1. The van der Waals surface area contributed by atoms with Crippen LogP contribution in [0.1, 0.15) is 17.7 Å². The van der Waals surface area contributed by atoms with Crippen molar-refractivity contribution in [3.8, 4) is 66.8 Å². The molecule has 0 N–H and O–H groups in total. The maximum atomic E-state index is 6.79. The summed E-state index contributed by atoms with van der Waals surface area (Å²) >= 11 is 0. The lowest BCUT2D eigenvalue weighted by atomic mass is 9.90. The molecule has 0 spiro atoms. The number of rotatable bonds is 9. The Balaban J connectivity index is 1.00. The highest BCUT2D eigenvalue weighted by Gasteiger charge is 2.22. The van der Waals surface area contributed by atoms with Gasteiger partial charge in [0.1, 0.15) is 11.3 Å². The van der Waals surface area contributed by atoms with E-state index >= 15 is 0 Å². The molecule has 0 saturated carbocycles. The van der Waals surface area contributed by atoms with Gasteiger partial charge in [0.05, 0.1) is 5.69 Å². The molecule has 9 aromatic carbocycles. The van der Waals surface area contributed by atoms with Crippen LogP contribution in [0.4, 0.5) is 17.1 Å². The summed E-state index contributed by atoms with van der Waals surface area (Å²) in [7, 11) is 0. The first-order chi connectivity index (χ1) is 30.7. The first-order valence-corrected chi connectivity index (χ1v) is 21.5. The van der Waals surface area contributed by atoms with Gasteiger partial charge in [-0.1, -0.05) is 200 Å². The minimum atomic E-state index is 0.915. The molecule has 2 heteroatoms. The summed E-state index contributed by atoms with van der Waals surface area (Å²) in [5.74, 6) is 1.07. The van der Waals surface area contributed by atoms with Crippen LogP contribution in [0.2, 0.25) is 0 Å². The predicted molar refractivity (Wildman–Crippen MR) is 261 cm³/mol. The number of benzene rings is 9. The van der Waals surface area contributed by atoms with E-state index in [1.807, 2.05) is 0 Å². The minimum Gasteiger partial charge on any atom is -0.460 e. The van der Waals surface area contributed by atoms with Crippen molar-refractivity contribution in [2.75, 3.05) is 4.90 Å². The van der Waals surface area contributed by atoms with Crippen LogP contribution in [0.25, 0.3) is 83.8 Å². The van der Waals surface area contributed by atoms with Crippen molar-refractivity contribution >= 4 is 34.1 Å². The molecule has 0 aliphatic heterocycles. The van der Waals surface area contributed by atoms with Crippen molar-refractivity contribution in [3.05, 3.63) is 242 Å². The molecule has 10 aromatic rings. The smallest absolute Gasteiger partial charge is 0.143 e. The Morgan fingerprint density at radius 2 is 0.790 bits per heavy atom. The summed E-state index contributed by atoms with van der Waals surface area (Å²) in [4.78, 5) is 2.38. The van der Waals surface area contributed by atoms with E-state index in [-0.39, 0.29) is 0 Å². The number of hydrogen-bond donors (Lipinski definition) is 0. The molecule has 0 unspecified atom stereocenters. The molecular formula is C60H43NO. The Hall–Kier alpha value is -7.94. The lowest BCUT2D eigenvalue weighted by Gasteiger charge is -2.28. The zero-order valence-electron chi connectivity index (χ0n) is 34.3. The lowest BCUT2D eigenvalue weighted by Crippen LogP contribution is -2.11. The second-order valence-electron chi connectivity index (χ2n) is 15.9. The van der Waals surface area contributed by atoms with Crippen LogP contribution in [-0.2, 0) is 6.42 Å². The minimum absolute atomic E-state index is 0.915. The van der Waals surface area contributed by atoms with E-state index in [9.17, 15) is 0 Å². The molecule has 0 fully saturated rings. The second kappa shape index (κ2) is 16.3. The van der Waals surface area contributed by atoms with Gasteiger partial charge in [0.15, 0.2) is 0 Å². The number of hydrogen-bond acceptors (Lipinski definition) is 2. The Morgan fingerprint density at radius 1 is 0.355 bits per heavy atom. The Labute approximate surface area is 363 Å². The van der Waals surface area contributed by atoms with Gasteiger partial charge in [-0.25, -0.2) is 0 Å². The Bertz CT molecular complexity index is 3160. The lowest BCUT2D eigenvalue weighted by molar-refractivity contribution is 0.547. The van der Waals surface area contributed by atoms with Gasteiger partial charge in [-0.2, -0.15) is 0 Å². The van der Waals surface area contributed by atoms with Crippen molar-refractivity contribution in [1.29, 1.82) is 0 Å².